The van der Waals surface area contributed by atoms with Gasteiger partial charge in [0.05, 0.1) is 17.6 Å². The van der Waals surface area contributed by atoms with E-state index in [0.29, 0.717) is 19.1 Å². The highest BCUT2D eigenvalue weighted by Crippen LogP contribution is 2.10. The van der Waals surface area contributed by atoms with E-state index >= 15 is 0 Å². The number of halogens is 1. The Morgan fingerprint density at radius 1 is 1.48 bits per heavy atom. The van der Waals surface area contributed by atoms with Gasteiger partial charge < -0.3 is 20.8 Å². The van der Waals surface area contributed by atoms with Crippen LogP contribution in [0.25, 0.3) is 11.0 Å². The number of hydrogen-bond donors (Lipinski definition) is 3. The van der Waals surface area contributed by atoms with E-state index in [2.05, 4.69) is 20.3 Å². The third-order valence-corrected chi connectivity index (χ3v) is 2.88. The zero-order valence-corrected chi connectivity index (χ0v) is 14.6. The summed E-state index contributed by atoms with van der Waals surface area (Å²) in [5, 5.41) is 3.07. The number of imidazole rings is 1. The maximum atomic E-state index is 5.80. The summed E-state index contributed by atoms with van der Waals surface area (Å²) in [4.78, 5) is 12.0. The second kappa shape index (κ2) is 8.83. The molecule has 2 aromatic rings. The first kappa shape index (κ1) is 17.7. The number of aliphatic imine (C=N–C) groups is 1. The van der Waals surface area contributed by atoms with Crippen molar-refractivity contribution in [3.05, 3.63) is 30.1 Å². The van der Waals surface area contributed by atoms with E-state index < -0.39 is 0 Å². The molecule has 1 aromatic heterocycles. The van der Waals surface area contributed by atoms with Crippen molar-refractivity contribution < 1.29 is 4.74 Å². The molecular weight excluding hydrogens is 381 g/mol. The Bertz CT molecular complexity index is 551. The number of guanidine groups is 1. The van der Waals surface area contributed by atoms with Crippen LogP contribution in [-0.2, 0) is 11.2 Å². The molecule has 0 aliphatic rings. The molecule has 1 aromatic carbocycles. The topological polar surface area (TPSA) is 88.3 Å². The smallest absolute Gasteiger partial charge is 0.188 e. The summed E-state index contributed by atoms with van der Waals surface area (Å²) in [6, 6.07) is 8.11. The lowest BCUT2D eigenvalue weighted by Crippen LogP contribution is -2.40. The Morgan fingerprint density at radius 3 is 2.95 bits per heavy atom. The molecule has 0 aliphatic carbocycles. The van der Waals surface area contributed by atoms with E-state index in [0.717, 1.165) is 23.3 Å². The number of para-hydroxylation sites is 2. The number of rotatable bonds is 6. The van der Waals surface area contributed by atoms with Gasteiger partial charge in [-0.25, -0.2) is 4.98 Å². The summed E-state index contributed by atoms with van der Waals surface area (Å²) >= 11 is 0. The molecule has 7 heteroatoms. The van der Waals surface area contributed by atoms with Gasteiger partial charge in [0.15, 0.2) is 5.96 Å². The van der Waals surface area contributed by atoms with Gasteiger partial charge >= 0.3 is 0 Å². The number of hydrogen-bond acceptors (Lipinski definition) is 3. The molecule has 0 radical (unpaired) electrons. The number of ether oxygens (including phenoxy) is 1. The number of nitrogens with zero attached hydrogens (tertiary/aromatic N) is 2. The largest absolute Gasteiger partial charge is 0.383 e. The van der Waals surface area contributed by atoms with Crippen molar-refractivity contribution in [2.45, 2.75) is 19.4 Å². The van der Waals surface area contributed by atoms with Gasteiger partial charge in [-0.1, -0.05) is 12.1 Å². The zero-order chi connectivity index (χ0) is 14.4. The van der Waals surface area contributed by atoms with Crippen molar-refractivity contribution in [2.24, 2.45) is 10.7 Å². The fourth-order valence-corrected chi connectivity index (χ4v) is 2.00. The summed E-state index contributed by atoms with van der Waals surface area (Å²) in [6.45, 7) is 3.18. The fraction of sp³-hybridized carbons (Fsp3) is 0.429. The first-order valence-corrected chi connectivity index (χ1v) is 6.68. The van der Waals surface area contributed by atoms with Crippen LogP contribution in [0.2, 0.25) is 0 Å². The quantitative estimate of drug-likeness (QED) is 0.389. The molecule has 0 aliphatic heterocycles. The minimum absolute atomic E-state index is 0. The Hall–Kier alpha value is -1.35. The van der Waals surface area contributed by atoms with Crippen molar-refractivity contribution in [3.63, 3.8) is 0 Å². The molecule has 0 saturated heterocycles. The molecule has 116 valence electrons. The van der Waals surface area contributed by atoms with E-state index in [-0.39, 0.29) is 30.0 Å². The van der Waals surface area contributed by atoms with Gasteiger partial charge in [0, 0.05) is 26.1 Å². The van der Waals surface area contributed by atoms with Crippen LogP contribution in [0.15, 0.2) is 29.3 Å². The number of methoxy groups -OCH3 is 1. The van der Waals surface area contributed by atoms with Gasteiger partial charge in [0.2, 0.25) is 0 Å². The number of nitrogens with two attached hydrogens (primary N) is 1. The molecular formula is C14H22IN5O. The first-order valence-electron chi connectivity index (χ1n) is 6.68. The first-order chi connectivity index (χ1) is 9.69. The number of benzene rings is 1. The van der Waals surface area contributed by atoms with E-state index in [4.69, 9.17) is 10.5 Å². The highest BCUT2D eigenvalue weighted by atomic mass is 127. The van der Waals surface area contributed by atoms with E-state index in [1.807, 2.05) is 31.2 Å². The van der Waals surface area contributed by atoms with Crippen LogP contribution in [0.5, 0.6) is 0 Å². The average Bonchev–Trinajstić information content (AvgIpc) is 2.81. The van der Waals surface area contributed by atoms with Gasteiger partial charge in [0.1, 0.15) is 5.82 Å². The molecule has 0 bridgehead atoms. The summed E-state index contributed by atoms with van der Waals surface area (Å²) < 4.78 is 5.02. The number of nitrogens with one attached hydrogen (secondary N) is 2. The lowest BCUT2D eigenvalue weighted by molar-refractivity contribution is 0.179. The van der Waals surface area contributed by atoms with Crippen molar-refractivity contribution in [1.29, 1.82) is 0 Å². The lowest BCUT2D eigenvalue weighted by atomic mass is 10.3. The fourth-order valence-electron chi connectivity index (χ4n) is 2.00. The van der Waals surface area contributed by atoms with Gasteiger partial charge in [-0.2, -0.15) is 0 Å². The third-order valence-electron chi connectivity index (χ3n) is 2.88. The van der Waals surface area contributed by atoms with E-state index in [9.17, 15) is 0 Å². The summed E-state index contributed by atoms with van der Waals surface area (Å²) in [6.07, 6.45) is 0.732. The normalized spacial score (nSPS) is 13.0. The lowest BCUT2D eigenvalue weighted by Gasteiger charge is -2.12. The van der Waals surface area contributed by atoms with Crippen molar-refractivity contribution in [3.8, 4) is 0 Å². The van der Waals surface area contributed by atoms with Gasteiger partial charge in [-0.05, 0) is 19.1 Å². The minimum atomic E-state index is 0. The Labute approximate surface area is 141 Å². The maximum Gasteiger partial charge on any atom is 0.188 e. The van der Waals surface area contributed by atoms with E-state index in [1.54, 1.807) is 7.11 Å². The standard InChI is InChI=1S/C14H21N5O.HI/c1-10(9-20-2)17-14(15)16-8-7-13-18-11-5-3-4-6-12(11)19-13;/h3-6,10H,7-9H2,1-2H3,(H,18,19)(H3,15,16,17);1H. The van der Waals surface area contributed by atoms with E-state index in [1.165, 1.54) is 0 Å². The second-order valence-corrected chi connectivity index (χ2v) is 4.72. The molecule has 2 rings (SSSR count). The van der Waals surface area contributed by atoms with Gasteiger partial charge in [-0.3, -0.25) is 4.99 Å². The molecule has 1 heterocycles. The maximum absolute atomic E-state index is 5.80. The molecule has 4 N–H and O–H groups in total. The van der Waals surface area contributed by atoms with Crippen LogP contribution in [-0.4, -0.2) is 42.2 Å². The van der Waals surface area contributed by atoms with Gasteiger partial charge in [0.25, 0.3) is 0 Å². The number of aromatic amines is 1. The summed E-state index contributed by atoms with van der Waals surface area (Å²) in [7, 11) is 1.66. The van der Waals surface area contributed by atoms with Crippen LogP contribution >= 0.6 is 24.0 Å². The van der Waals surface area contributed by atoms with Crippen molar-refractivity contribution >= 4 is 41.0 Å². The molecule has 0 spiro atoms. The van der Waals surface area contributed by atoms with Gasteiger partial charge in [-0.15, -0.1) is 24.0 Å². The minimum Gasteiger partial charge on any atom is -0.383 e. The monoisotopic (exact) mass is 403 g/mol. The zero-order valence-electron chi connectivity index (χ0n) is 12.3. The van der Waals surface area contributed by atoms with Crippen LogP contribution in [0, 0.1) is 0 Å². The Morgan fingerprint density at radius 2 is 2.24 bits per heavy atom. The highest BCUT2D eigenvalue weighted by molar-refractivity contribution is 14.0. The third kappa shape index (κ3) is 5.50. The molecule has 0 saturated carbocycles. The Balaban J connectivity index is 0.00000220. The second-order valence-electron chi connectivity index (χ2n) is 4.72. The van der Waals surface area contributed by atoms with Crippen LogP contribution in [0.4, 0.5) is 0 Å². The van der Waals surface area contributed by atoms with Crippen molar-refractivity contribution in [1.82, 2.24) is 15.3 Å². The molecule has 0 fully saturated rings. The predicted octanol–water partition coefficient (Wildman–Crippen LogP) is 1.66. The Kier molecular flexibility index (Phi) is 7.44. The molecule has 0 amide bonds. The van der Waals surface area contributed by atoms with Crippen LogP contribution in [0.1, 0.15) is 12.7 Å². The number of fused-ring (bicyclic) bond motifs is 1. The molecule has 21 heavy (non-hydrogen) atoms. The van der Waals surface area contributed by atoms with Crippen LogP contribution in [0.3, 0.4) is 0 Å². The summed E-state index contributed by atoms with van der Waals surface area (Å²) in [5.41, 5.74) is 7.82. The highest BCUT2D eigenvalue weighted by Gasteiger charge is 2.03. The predicted molar refractivity (Wildman–Crippen MR) is 96.2 cm³/mol. The van der Waals surface area contributed by atoms with Crippen molar-refractivity contribution in [2.75, 3.05) is 20.3 Å². The SMILES string of the molecule is COCC(C)NC(N)=NCCc1nc2ccccc2[nH]1.I. The summed E-state index contributed by atoms with van der Waals surface area (Å²) in [5.74, 6) is 1.36. The number of aromatic nitrogens is 2. The molecule has 6 nitrogen and oxygen atoms in total. The number of H-pyrrole nitrogens is 1. The molecule has 1 atom stereocenters. The average molecular weight is 403 g/mol. The molecule has 1 unspecified atom stereocenters. The van der Waals surface area contributed by atoms with Crippen LogP contribution < -0.4 is 11.1 Å².